The average Bonchev–Trinajstić information content (AvgIpc) is 3.46. The molecule has 9 heteroatoms. The second-order valence-corrected chi connectivity index (χ2v) is 8.03. The van der Waals surface area contributed by atoms with Crippen molar-refractivity contribution in [2.45, 2.75) is 37.0 Å². The maximum Gasteiger partial charge on any atom is 0.272 e. The molecule has 1 atom stereocenters. The number of ether oxygens (including phenoxy) is 1. The molecule has 2 aromatic heterocycles. The minimum Gasteiger partial charge on any atom is -0.497 e. The van der Waals surface area contributed by atoms with E-state index in [9.17, 15) is 10.1 Å². The molecule has 1 saturated carbocycles. The maximum absolute atomic E-state index is 11.0. The molecule has 2 aliphatic carbocycles. The van der Waals surface area contributed by atoms with E-state index < -0.39 is 5.41 Å². The number of nitro groups is 1. The van der Waals surface area contributed by atoms with Gasteiger partial charge in [0.1, 0.15) is 5.75 Å². The van der Waals surface area contributed by atoms with E-state index in [4.69, 9.17) is 4.74 Å². The average molecular weight is 404 g/mol. The molecule has 0 bridgehead atoms. The van der Waals surface area contributed by atoms with E-state index >= 15 is 0 Å². The molecule has 3 aromatic rings. The minimum absolute atomic E-state index is 0.0986. The summed E-state index contributed by atoms with van der Waals surface area (Å²) in [6.45, 7) is 1.98. The highest BCUT2D eigenvalue weighted by atomic mass is 16.6. The molecule has 0 N–H and O–H groups in total. The third-order valence-electron chi connectivity index (χ3n) is 6.11. The molecule has 0 aliphatic heterocycles. The monoisotopic (exact) mass is 404 g/mol. The summed E-state index contributed by atoms with van der Waals surface area (Å²) in [5, 5.41) is 24.3. The molecule has 152 valence electrons. The van der Waals surface area contributed by atoms with E-state index in [1.807, 2.05) is 25.1 Å². The number of allylic oxidation sites excluding steroid dienone is 3. The van der Waals surface area contributed by atoms with Gasteiger partial charge in [0, 0.05) is 11.5 Å². The van der Waals surface area contributed by atoms with E-state index in [0.29, 0.717) is 17.9 Å². The third kappa shape index (κ3) is 2.77. The van der Waals surface area contributed by atoms with Gasteiger partial charge in [-0.2, -0.15) is 9.61 Å². The van der Waals surface area contributed by atoms with Crippen molar-refractivity contribution < 1.29 is 9.66 Å². The first kappa shape index (κ1) is 18.4. The van der Waals surface area contributed by atoms with Crippen LogP contribution in [0.4, 0.5) is 0 Å². The van der Waals surface area contributed by atoms with Gasteiger partial charge in [-0.25, -0.2) is 4.98 Å². The second-order valence-electron chi connectivity index (χ2n) is 8.03. The molecule has 5 rings (SSSR count). The highest BCUT2D eigenvalue weighted by Crippen LogP contribution is 2.52. The summed E-state index contributed by atoms with van der Waals surface area (Å²) in [6.07, 6.45) is 9.07. The van der Waals surface area contributed by atoms with E-state index in [0.717, 1.165) is 30.0 Å². The summed E-state index contributed by atoms with van der Waals surface area (Å²) in [7, 11) is 1.65. The van der Waals surface area contributed by atoms with Crippen LogP contribution in [-0.2, 0) is 10.8 Å². The molecular formula is C21H20N6O3. The van der Waals surface area contributed by atoms with Crippen LogP contribution >= 0.6 is 0 Å². The molecule has 0 amide bonds. The lowest BCUT2D eigenvalue weighted by molar-refractivity contribution is -0.419. The molecule has 0 spiro atoms. The zero-order chi connectivity index (χ0) is 20.9. The SMILES string of the molecule is COc1ccc(C2(c3nnc4nc(C5(C)C=CC([N+](=O)[O-])=CC5)cnn34)CC2)cc1. The van der Waals surface area contributed by atoms with Crippen molar-refractivity contribution in [2.75, 3.05) is 7.11 Å². The van der Waals surface area contributed by atoms with Crippen molar-refractivity contribution in [3.8, 4) is 5.75 Å². The van der Waals surface area contributed by atoms with Crippen LogP contribution in [0, 0.1) is 10.1 Å². The quantitative estimate of drug-likeness (QED) is 0.475. The summed E-state index contributed by atoms with van der Waals surface area (Å²) in [4.78, 5) is 15.3. The third-order valence-corrected chi connectivity index (χ3v) is 6.11. The van der Waals surface area contributed by atoms with Crippen LogP contribution in [-0.4, -0.2) is 36.8 Å². The Balaban J connectivity index is 1.49. The molecule has 30 heavy (non-hydrogen) atoms. The van der Waals surface area contributed by atoms with E-state index in [-0.39, 0.29) is 16.0 Å². The Morgan fingerprint density at radius 3 is 2.57 bits per heavy atom. The van der Waals surface area contributed by atoms with Gasteiger partial charge in [0.15, 0.2) is 5.82 Å². The van der Waals surface area contributed by atoms with Gasteiger partial charge in [-0.1, -0.05) is 25.1 Å². The zero-order valence-electron chi connectivity index (χ0n) is 16.6. The first-order valence-electron chi connectivity index (χ1n) is 9.73. The lowest BCUT2D eigenvalue weighted by Gasteiger charge is -2.25. The number of nitrogens with zero attached hydrogens (tertiary/aromatic N) is 6. The second kappa shape index (κ2) is 6.45. The van der Waals surface area contributed by atoms with E-state index in [1.165, 1.54) is 6.08 Å². The van der Waals surface area contributed by atoms with Crippen LogP contribution in [0.25, 0.3) is 5.78 Å². The van der Waals surface area contributed by atoms with Gasteiger partial charge >= 0.3 is 0 Å². The first-order chi connectivity index (χ1) is 14.4. The summed E-state index contributed by atoms with van der Waals surface area (Å²) >= 11 is 0. The Labute approximate surface area is 172 Å². The highest BCUT2D eigenvalue weighted by Gasteiger charge is 2.50. The van der Waals surface area contributed by atoms with Crippen molar-refractivity contribution in [1.82, 2.24) is 24.8 Å². The van der Waals surface area contributed by atoms with Crippen LogP contribution in [0.5, 0.6) is 5.75 Å². The fourth-order valence-electron chi connectivity index (χ4n) is 3.99. The van der Waals surface area contributed by atoms with Gasteiger partial charge in [0.25, 0.3) is 11.5 Å². The smallest absolute Gasteiger partial charge is 0.272 e. The number of hydrogen-bond acceptors (Lipinski definition) is 7. The van der Waals surface area contributed by atoms with Gasteiger partial charge in [-0.15, -0.1) is 10.2 Å². The number of rotatable bonds is 5. The molecule has 2 aliphatic rings. The molecule has 1 fully saturated rings. The number of methoxy groups -OCH3 is 1. The maximum atomic E-state index is 11.0. The van der Waals surface area contributed by atoms with Crippen molar-refractivity contribution in [3.05, 3.63) is 81.6 Å². The Morgan fingerprint density at radius 1 is 1.20 bits per heavy atom. The van der Waals surface area contributed by atoms with E-state index in [2.05, 4.69) is 32.4 Å². The molecule has 2 heterocycles. The van der Waals surface area contributed by atoms with Crippen molar-refractivity contribution in [2.24, 2.45) is 0 Å². The fourth-order valence-corrected chi connectivity index (χ4v) is 3.99. The molecule has 0 radical (unpaired) electrons. The van der Waals surface area contributed by atoms with Crippen molar-refractivity contribution in [3.63, 3.8) is 0 Å². The lowest BCUT2D eigenvalue weighted by Crippen LogP contribution is -2.24. The largest absolute Gasteiger partial charge is 0.497 e. The van der Waals surface area contributed by atoms with Crippen LogP contribution < -0.4 is 4.74 Å². The Hall–Kier alpha value is -3.62. The van der Waals surface area contributed by atoms with Crippen LogP contribution in [0.3, 0.4) is 0 Å². The number of benzene rings is 1. The Kier molecular flexibility index (Phi) is 3.96. The van der Waals surface area contributed by atoms with Gasteiger partial charge in [-0.3, -0.25) is 10.1 Å². The Morgan fingerprint density at radius 2 is 1.97 bits per heavy atom. The fraction of sp³-hybridized carbons (Fsp3) is 0.333. The van der Waals surface area contributed by atoms with Crippen molar-refractivity contribution >= 4 is 5.78 Å². The first-order valence-corrected chi connectivity index (χ1v) is 9.73. The minimum atomic E-state index is -0.479. The molecule has 1 unspecified atom stereocenters. The number of hydrogen-bond donors (Lipinski definition) is 0. The highest BCUT2D eigenvalue weighted by molar-refractivity contribution is 5.44. The predicted molar refractivity (Wildman–Crippen MR) is 108 cm³/mol. The summed E-state index contributed by atoms with van der Waals surface area (Å²) in [6, 6.07) is 8.01. The van der Waals surface area contributed by atoms with Crippen LogP contribution in [0.15, 0.2) is 54.4 Å². The van der Waals surface area contributed by atoms with Crippen LogP contribution in [0.2, 0.25) is 0 Å². The normalized spacial score (nSPS) is 22.0. The summed E-state index contributed by atoms with van der Waals surface area (Å²) in [5.41, 5.74) is 1.27. The standard InChI is InChI=1S/C21H20N6O3/c1-20(9-7-15(8-10-20)27(28)29)17-13-22-26-18(24-25-19(26)23-17)21(11-12-21)14-3-5-16(30-2)6-4-14/h3-9,13H,10-12H2,1-2H3. The lowest BCUT2D eigenvalue weighted by atomic mass is 9.80. The number of fused-ring (bicyclic) bond motifs is 1. The molecule has 0 saturated heterocycles. The number of aromatic nitrogens is 5. The molecule has 1 aromatic carbocycles. The predicted octanol–water partition coefficient (Wildman–Crippen LogP) is 2.99. The van der Waals surface area contributed by atoms with Crippen LogP contribution in [0.1, 0.15) is 43.3 Å². The molecule has 9 nitrogen and oxygen atoms in total. The Bertz CT molecular complexity index is 1210. The summed E-state index contributed by atoms with van der Waals surface area (Å²) in [5.74, 6) is 2.02. The van der Waals surface area contributed by atoms with E-state index in [1.54, 1.807) is 23.9 Å². The van der Waals surface area contributed by atoms with Crippen molar-refractivity contribution in [1.29, 1.82) is 0 Å². The van der Waals surface area contributed by atoms with Gasteiger partial charge in [0.2, 0.25) is 0 Å². The topological polar surface area (TPSA) is 108 Å². The van der Waals surface area contributed by atoms with Gasteiger partial charge in [0.05, 0.1) is 29.3 Å². The van der Waals surface area contributed by atoms with Gasteiger partial charge < -0.3 is 4.74 Å². The molecular weight excluding hydrogens is 384 g/mol. The zero-order valence-corrected chi connectivity index (χ0v) is 16.6. The van der Waals surface area contributed by atoms with Gasteiger partial charge in [-0.05, 0) is 43.0 Å². The summed E-state index contributed by atoms with van der Waals surface area (Å²) < 4.78 is 6.96.